The topological polar surface area (TPSA) is 41.5 Å². The first kappa shape index (κ1) is 16.4. The van der Waals surface area contributed by atoms with Gasteiger partial charge in [0.15, 0.2) is 0 Å². The molecule has 24 heavy (non-hydrogen) atoms. The molecule has 1 saturated heterocycles. The van der Waals surface area contributed by atoms with E-state index in [2.05, 4.69) is 14.9 Å². The van der Waals surface area contributed by atoms with Crippen molar-refractivity contribution in [3.8, 4) is 5.75 Å². The zero-order valence-corrected chi connectivity index (χ0v) is 13.1. The number of halogens is 3. The molecule has 0 atom stereocenters. The zero-order chi connectivity index (χ0) is 17.2. The molecular weight excluding hydrogens is 321 g/mol. The van der Waals surface area contributed by atoms with E-state index in [9.17, 15) is 13.2 Å². The standard InChI is InChI=1S/C16H17F3N4O/c1-24-13-4-2-3-12(11-13)22-7-9-23(10-8-22)15-20-6-5-14(21-15)16(17,18)19/h2-6,11H,7-10H2,1H3. The smallest absolute Gasteiger partial charge is 0.433 e. The van der Waals surface area contributed by atoms with Gasteiger partial charge < -0.3 is 14.5 Å². The van der Waals surface area contributed by atoms with E-state index in [4.69, 9.17) is 4.74 Å². The average molecular weight is 338 g/mol. The Labute approximate surface area is 137 Å². The minimum atomic E-state index is -4.46. The highest BCUT2D eigenvalue weighted by Gasteiger charge is 2.33. The van der Waals surface area contributed by atoms with Crippen LogP contribution in [0.2, 0.25) is 0 Å². The second-order valence-corrected chi connectivity index (χ2v) is 5.42. The van der Waals surface area contributed by atoms with Gasteiger partial charge >= 0.3 is 6.18 Å². The van der Waals surface area contributed by atoms with Gasteiger partial charge in [-0.2, -0.15) is 13.2 Å². The van der Waals surface area contributed by atoms with Crippen molar-refractivity contribution in [2.75, 3.05) is 43.1 Å². The van der Waals surface area contributed by atoms with Crippen LogP contribution in [0.25, 0.3) is 0 Å². The highest BCUT2D eigenvalue weighted by Crippen LogP contribution is 2.28. The number of rotatable bonds is 3. The number of hydrogen-bond acceptors (Lipinski definition) is 5. The molecule has 1 aliphatic heterocycles. The van der Waals surface area contributed by atoms with E-state index in [-0.39, 0.29) is 5.95 Å². The minimum Gasteiger partial charge on any atom is -0.497 e. The quantitative estimate of drug-likeness (QED) is 0.861. The molecule has 0 unspecified atom stereocenters. The summed E-state index contributed by atoms with van der Waals surface area (Å²) in [6.07, 6.45) is -3.31. The van der Waals surface area contributed by atoms with Crippen molar-refractivity contribution in [3.05, 3.63) is 42.2 Å². The molecule has 1 aromatic carbocycles. The molecule has 0 bridgehead atoms. The summed E-state index contributed by atoms with van der Waals surface area (Å²) in [5.41, 5.74) is 0.113. The van der Waals surface area contributed by atoms with Gasteiger partial charge in [0.2, 0.25) is 5.95 Å². The lowest BCUT2D eigenvalue weighted by Gasteiger charge is -2.36. The third-order valence-electron chi connectivity index (χ3n) is 3.91. The van der Waals surface area contributed by atoms with Crippen LogP contribution in [-0.2, 0) is 6.18 Å². The van der Waals surface area contributed by atoms with Gasteiger partial charge in [0, 0.05) is 44.1 Å². The lowest BCUT2D eigenvalue weighted by atomic mass is 10.2. The first-order valence-corrected chi connectivity index (χ1v) is 7.51. The van der Waals surface area contributed by atoms with E-state index in [0.717, 1.165) is 23.7 Å². The second-order valence-electron chi connectivity index (χ2n) is 5.42. The average Bonchev–Trinajstić information content (AvgIpc) is 2.61. The van der Waals surface area contributed by atoms with E-state index in [1.54, 1.807) is 12.0 Å². The van der Waals surface area contributed by atoms with Crippen LogP contribution in [0.4, 0.5) is 24.8 Å². The maximum Gasteiger partial charge on any atom is 0.433 e. The van der Waals surface area contributed by atoms with Crippen molar-refractivity contribution in [2.24, 2.45) is 0 Å². The molecule has 1 aliphatic rings. The van der Waals surface area contributed by atoms with Gasteiger partial charge in [-0.25, -0.2) is 9.97 Å². The predicted molar refractivity (Wildman–Crippen MR) is 84.5 cm³/mol. The van der Waals surface area contributed by atoms with Crippen molar-refractivity contribution in [3.63, 3.8) is 0 Å². The van der Waals surface area contributed by atoms with Crippen LogP contribution in [0, 0.1) is 0 Å². The number of nitrogens with zero attached hydrogens (tertiary/aromatic N) is 4. The highest BCUT2D eigenvalue weighted by molar-refractivity contribution is 5.52. The summed E-state index contributed by atoms with van der Waals surface area (Å²) in [5.74, 6) is 0.895. The first-order valence-electron chi connectivity index (χ1n) is 7.51. The van der Waals surface area contributed by atoms with Crippen molar-refractivity contribution in [2.45, 2.75) is 6.18 Å². The number of alkyl halides is 3. The van der Waals surface area contributed by atoms with Gasteiger partial charge in [0.1, 0.15) is 11.4 Å². The van der Waals surface area contributed by atoms with E-state index < -0.39 is 11.9 Å². The highest BCUT2D eigenvalue weighted by atomic mass is 19.4. The molecule has 0 aliphatic carbocycles. The molecule has 3 rings (SSSR count). The third-order valence-corrected chi connectivity index (χ3v) is 3.91. The van der Waals surface area contributed by atoms with Crippen LogP contribution in [0.3, 0.4) is 0 Å². The number of benzene rings is 1. The molecule has 2 aromatic rings. The molecule has 1 aromatic heterocycles. The molecule has 0 saturated carbocycles. The van der Waals surface area contributed by atoms with E-state index >= 15 is 0 Å². The van der Waals surface area contributed by atoms with E-state index in [1.807, 2.05) is 24.3 Å². The fourth-order valence-electron chi connectivity index (χ4n) is 2.63. The van der Waals surface area contributed by atoms with Crippen LogP contribution in [0.5, 0.6) is 5.75 Å². The molecule has 2 heterocycles. The zero-order valence-electron chi connectivity index (χ0n) is 13.1. The Morgan fingerprint density at radius 3 is 2.42 bits per heavy atom. The molecule has 0 radical (unpaired) electrons. The molecule has 0 spiro atoms. The van der Waals surface area contributed by atoms with Crippen LogP contribution >= 0.6 is 0 Å². The van der Waals surface area contributed by atoms with E-state index in [0.29, 0.717) is 26.2 Å². The van der Waals surface area contributed by atoms with Gasteiger partial charge in [-0.1, -0.05) is 6.07 Å². The van der Waals surface area contributed by atoms with Gasteiger partial charge in [-0.05, 0) is 18.2 Å². The molecule has 0 amide bonds. The van der Waals surface area contributed by atoms with E-state index in [1.165, 1.54) is 0 Å². The Hall–Kier alpha value is -2.51. The van der Waals surface area contributed by atoms with Crippen molar-refractivity contribution in [1.29, 1.82) is 0 Å². The summed E-state index contributed by atoms with van der Waals surface area (Å²) >= 11 is 0. The fourth-order valence-corrected chi connectivity index (χ4v) is 2.63. The normalized spacial score (nSPS) is 15.5. The molecule has 0 N–H and O–H groups in total. The summed E-state index contributed by atoms with van der Waals surface area (Å²) in [4.78, 5) is 11.6. The van der Waals surface area contributed by atoms with Crippen LogP contribution < -0.4 is 14.5 Å². The number of hydrogen-bond donors (Lipinski definition) is 0. The Balaban J connectivity index is 1.69. The number of piperazine rings is 1. The lowest BCUT2D eigenvalue weighted by molar-refractivity contribution is -0.141. The van der Waals surface area contributed by atoms with Crippen LogP contribution in [0.15, 0.2) is 36.5 Å². The Kier molecular flexibility index (Phi) is 4.46. The van der Waals surface area contributed by atoms with Gasteiger partial charge in [-0.15, -0.1) is 0 Å². The Bertz CT molecular complexity index is 700. The monoisotopic (exact) mass is 338 g/mol. The summed E-state index contributed by atoms with van der Waals surface area (Å²) < 4.78 is 43.5. The van der Waals surface area contributed by atoms with Crippen molar-refractivity contribution < 1.29 is 17.9 Å². The number of ether oxygens (including phenoxy) is 1. The second kappa shape index (κ2) is 6.54. The fraction of sp³-hybridized carbons (Fsp3) is 0.375. The molecule has 128 valence electrons. The number of anilines is 2. The van der Waals surface area contributed by atoms with Gasteiger partial charge in [-0.3, -0.25) is 0 Å². The summed E-state index contributed by atoms with van der Waals surface area (Å²) in [6, 6.07) is 8.60. The minimum absolute atomic E-state index is 0.120. The van der Waals surface area contributed by atoms with Crippen molar-refractivity contribution >= 4 is 11.6 Å². The molecule has 5 nitrogen and oxygen atoms in total. The van der Waals surface area contributed by atoms with Crippen molar-refractivity contribution in [1.82, 2.24) is 9.97 Å². The summed E-state index contributed by atoms with van der Waals surface area (Å²) in [6.45, 7) is 2.45. The van der Waals surface area contributed by atoms with Gasteiger partial charge in [0.25, 0.3) is 0 Å². The predicted octanol–water partition coefficient (Wildman–Crippen LogP) is 2.83. The Morgan fingerprint density at radius 1 is 1.04 bits per heavy atom. The number of methoxy groups -OCH3 is 1. The molecule has 8 heteroatoms. The summed E-state index contributed by atoms with van der Waals surface area (Å²) in [5, 5.41) is 0. The summed E-state index contributed by atoms with van der Waals surface area (Å²) in [7, 11) is 1.61. The van der Waals surface area contributed by atoms with Gasteiger partial charge in [0.05, 0.1) is 7.11 Å². The number of aromatic nitrogens is 2. The molecular formula is C16H17F3N4O. The first-order chi connectivity index (χ1) is 11.5. The maximum atomic E-state index is 12.8. The maximum absolute atomic E-state index is 12.8. The lowest BCUT2D eigenvalue weighted by Crippen LogP contribution is -2.47. The largest absolute Gasteiger partial charge is 0.497 e. The van der Waals surface area contributed by atoms with Crippen LogP contribution in [-0.4, -0.2) is 43.3 Å². The SMILES string of the molecule is COc1cccc(N2CCN(c3nccc(C(F)(F)F)n3)CC2)c1. The third kappa shape index (κ3) is 3.52. The Morgan fingerprint density at radius 2 is 1.75 bits per heavy atom. The molecule has 1 fully saturated rings. The van der Waals surface area contributed by atoms with Crippen LogP contribution in [0.1, 0.15) is 5.69 Å².